The monoisotopic (exact) mass is 249 g/mol. The Kier molecular flexibility index (Phi) is 3.18. The van der Waals surface area contributed by atoms with Gasteiger partial charge in [-0.15, -0.1) is 23.2 Å². The standard InChI is InChI=1S/C11H17Cl2NO/c1-11(5-12,6-13)14-10(15)9-3-7-2-8(7)4-9/h7-9H,2-6H2,1H3,(H,14,15). The van der Waals surface area contributed by atoms with E-state index < -0.39 is 5.54 Å². The molecule has 0 aromatic carbocycles. The van der Waals surface area contributed by atoms with Gasteiger partial charge in [0.15, 0.2) is 0 Å². The molecule has 2 aliphatic rings. The van der Waals surface area contributed by atoms with Crippen molar-refractivity contribution in [3.63, 3.8) is 0 Å². The number of hydrogen-bond donors (Lipinski definition) is 1. The van der Waals surface area contributed by atoms with Crippen LogP contribution in [0.5, 0.6) is 0 Å². The van der Waals surface area contributed by atoms with E-state index in [-0.39, 0.29) is 11.8 Å². The van der Waals surface area contributed by atoms with E-state index in [1.807, 2.05) is 6.92 Å². The highest BCUT2D eigenvalue weighted by atomic mass is 35.5. The molecular weight excluding hydrogens is 233 g/mol. The van der Waals surface area contributed by atoms with Gasteiger partial charge in [0.2, 0.25) is 5.91 Å². The lowest BCUT2D eigenvalue weighted by Crippen LogP contribution is -2.51. The van der Waals surface area contributed by atoms with Crippen molar-refractivity contribution >= 4 is 29.1 Å². The number of alkyl halides is 2. The first-order chi connectivity index (χ1) is 7.08. The van der Waals surface area contributed by atoms with Crippen molar-refractivity contribution in [3.8, 4) is 0 Å². The topological polar surface area (TPSA) is 29.1 Å². The molecule has 2 saturated carbocycles. The lowest BCUT2D eigenvalue weighted by atomic mass is 10.00. The average Bonchev–Trinajstić information content (AvgIpc) is 2.85. The minimum absolute atomic E-state index is 0.144. The van der Waals surface area contributed by atoms with Crippen molar-refractivity contribution in [3.05, 3.63) is 0 Å². The van der Waals surface area contributed by atoms with Crippen molar-refractivity contribution in [2.45, 2.75) is 31.7 Å². The second-order valence-electron chi connectivity index (χ2n) is 5.24. The van der Waals surface area contributed by atoms with Gasteiger partial charge in [-0.05, 0) is 38.0 Å². The third-order valence-corrected chi connectivity index (χ3v) is 4.81. The molecule has 0 heterocycles. The lowest BCUT2D eigenvalue weighted by Gasteiger charge is -2.27. The maximum Gasteiger partial charge on any atom is 0.223 e. The molecule has 4 heteroatoms. The first-order valence-electron chi connectivity index (χ1n) is 5.52. The van der Waals surface area contributed by atoms with E-state index >= 15 is 0 Å². The van der Waals surface area contributed by atoms with Crippen molar-refractivity contribution in [2.24, 2.45) is 17.8 Å². The molecule has 0 aliphatic heterocycles. The van der Waals surface area contributed by atoms with Crippen LogP contribution in [0.3, 0.4) is 0 Å². The first kappa shape index (κ1) is 11.5. The van der Waals surface area contributed by atoms with E-state index in [2.05, 4.69) is 5.32 Å². The number of hydrogen-bond acceptors (Lipinski definition) is 1. The lowest BCUT2D eigenvalue weighted by molar-refractivity contribution is -0.126. The van der Waals surface area contributed by atoms with Crippen LogP contribution >= 0.6 is 23.2 Å². The number of halogens is 2. The van der Waals surface area contributed by atoms with Crippen molar-refractivity contribution in [1.29, 1.82) is 0 Å². The Morgan fingerprint density at radius 3 is 2.27 bits per heavy atom. The molecule has 0 aromatic heterocycles. The maximum atomic E-state index is 11.9. The minimum atomic E-state index is -0.451. The number of carbonyl (C=O) groups is 1. The Bertz CT molecular complexity index is 255. The molecule has 2 fully saturated rings. The van der Waals surface area contributed by atoms with Gasteiger partial charge in [-0.2, -0.15) is 0 Å². The van der Waals surface area contributed by atoms with Gasteiger partial charge >= 0.3 is 0 Å². The van der Waals surface area contributed by atoms with Gasteiger partial charge in [-0.1, -0.05) is 0 Å². The van der Waals surface area contributed by atoms with E-state index in [0.29, 0.717) is 11.8 Å². The van der Waals surface area contributed by atoms with Gasteiger partial charge in [0.25, 0.3) is 0 Å². The number of amides is 1. The fraction of sp³-hybridized carbons (Fsp3) is 0.909. The van der Waals surface area contributed by atoms with Crippen molar-refractivity contribution in [1.82, 2.24) is 5.32 Å². The third kappa shape index (κ3) is 2.42. The largest absolute Gasteiger partial charge is 0.348 e. The molecule has 0 radical (unpaired) electrons. The summed E-state index contributed by atoms with van der Waals surface area (Å²) >= 11 is 11.6. The highest BCUT2D eigenvalue weighted by Gasteiger charge is 2.48. The normalized spacial score (nSPS) is 33.7. The highest BCUT2D eigenvalue weighted by molar-refractivity contribution is 6.22. The second-order valence-corrected chi connectivity index (χ2v) is 5.78. The molecule has 1 N–H and O–H groups in total. The number of carbonyl (C=O) groups excluding carboxylic acids is 1. The van der Waals surface area contributed by atoms with E-state index in [0.717, 1.165) is 24.7 Å². The molecule has 2 unspecified atom stereocenters. The number of nitrogens with one attached hydrogen (secondary N) is 1. The van der Waals surface area contributed by atoms with Crippen LogP contribution in [0, 0.1) is 17.8 Å². The first-order valence-corrected chi connectivity index (χ1v) is 6.59. The predicted octanol–water partition coefficient (Wildman–Crippen LogP) is 2.39. The summed E-state index contributed by atoms with van der Waals surface area (Å²) in [6.07, 6.45) is 3.47. The Hall–Kier alpha value is 0.0500. The Labute approximate surface area is 101 Å². The average molecular weight is 250 g/mol. The molecule has 0 bridgehead atoms. The van der Waals surface area contributed by atoms with E-state index in [4.69, 9.17) is 23.2 Å². The smallest absolute Gasteiger partial charge is 0.223 e. The summed E-state index contributed by atoms with van der Waals surface area (Å²) in [4.78, 5) is 11.9. The van der Waals surface area contributed by atoms with Gasteiger partial charge in [0, 0.05) is 17.7 Å². The van der Waals surface area contributed by atoms with Crippen LogP contribution < -0.4 is 5.32 Å². The van der Waals surface area contributed by atoms with Gasteiger partial charge in [0.05, 0.1) is 5.54 Å². The maximum absolute atomic E-state index is 11.9. The fourth-order valence-electron chi connectivity index (χ4n) is 2.43. The summed E-state index contributed by atoms with van der Waals surface area (Å²) in [7, 11) is 0. The molecule has 2 aliphatic carbocycles. The van der Waals surface area contributed by atoms with Crippen molar-refractivity contribution in [2.75, 3.05) is 11.8 Å². The predicted molar refractivity (Wildman–Crippen MR) is 62.3 cm³/mol. The summed E-state index contributed by atoms with van der Waals surface area (Å²) in [5.41, 5.74) is -0.451. The molecule has 2 nitrogen and oxygen atoms in total. The molecule has 1 amide bonds. The van der Waals surface area contributed by atoms with Crippen LogP contribution in [0.2, 0.25) is 0 Å². The highest BCUT2D eigenvalue weighted by Crippen LogP contribution is 2.54. The van der Waals surface area contributed by atoms with Gasteiger partial charge < -0.3 is 5.32 Å². The molecule has 0 aromatic rings. The van der Waals surface area contributed by atoms with Crippen LogP contribution in [0.4, 0.5) is 0 Å². The summed E-state index contributed by atoms with van der Waals surface area (Å²) in [6, 6.07) is 0. The zero-order chi connectivity index (χ0) is 11.1. The number of fused-ring (bicyclic) bond motifs is 1. The van der Waals surface area contributed by atoms with E-state index in [1.54, 1.807) is 0 Å². The molecule has 86 valence electrons. The second kappa shape index (κ2) is 4.14. The van der Waals surface area contributed by atoms with E-state index in [9.17, 15) is 4.79 Å². The molecular formula is C11H17Cl2NO. The molecule has 0 saturated heterocycles. The van der Waals surface area contributed by atoms with Gasteiger partial charge in [-0.25, -0.2) is 0 Å². The Morgan fingerprint density at radius 1 is 1.27 bits per heavy atom. The Balaban J connectivity index is 1.86. The minimum Gasteiger partial charge on any atom is -0.348 e. The molecule has 2 rings (SSSR count). The fourth-order valence-corrected chi connectivity index (χ4v) is 2.85. The summed E-state index contributed by atoms with van der Waals surface area (Å²) in [5, 5.41) is 2.97. The quantitative estimate of drug-likeness (QED) is 0.762. The molecule has 15 heavy (non-hydrogen) atoms. The summed E-state index contributed by atoms with van der Waals surface area (Å²) in [6.45, 7) is 1.89. The van der Waals surface area contributed by atoms with E-state index in [1.165, 1.54) is 6.42 Å². The van der Waals surface area contributed by atoms with Crippen molar-refractivity contribution < 1.29 is 4.79 Å². The zero-order valence-electron chi connectivity index (χ0n) is 8.93. The molecule has 0 spiro atoms. The van der Waals surface area contributed by atoms with Crippen LogP contribution in [-0.2, 0) is 4.79 Å². The summed E-state index contributed by atoms with van der Waals surface area (Å²) < 4.78 is 0. The SMILES string of the molecule is CC(CCl)(CCl)NC(=O)C1CC2CC2C1. The van der Waals surface area contributed by atoms with Crippen LogP contribution in [0.15, 0.2) is 0 Å². The summed E-state index contributed by atoms with van der Waals surface area (Å²) in [5.74, 6) is 2.74. The van der Waals surface area contributed by atoms with Gasteiger partial charge in [-0.3, -0.25) is 4.79 Å². The number of rotatable bonds is 4. The van der Waals surface area contributed by atoms with Gasteiger partial charge in [0.1, 0.15) is 0 Å². The van der Waals surface area contributed by atoms with Crippen LogP contribution in [0.1, 0.15) is 26.2 Å². The third-order valence-electron chi connectivity index (χ3n) is 3.63. The molecule has 2 atom stereocenters. The van der Waals surface area contributed by atoms with Crippen LogP contribution in [0.25, 0.3) is 0 Å². The zero-order valence-corrected chi connectivity index (χ0v) is 10.4. The Morgan fingerprint density at radius 2 is 1.80 bits per heavy atom. The van der Waals surface area contributed by atoms with Crippen LogP contribution in [-0.4, -0.2) is 23.2 Å².